The van der Waals surface area contributed by atoms with Gasteiger partial charge in [0.25, 0.3) is 5.91 Å². The van der Waals surface area contributed by atoms with Gasteiger partial charge in [0.2, 0.25) is 0 Å². The summed E-state index contributed by atoms with van der Waals surface area (Å²) in [5.74, 6) is 0.155. The highest BCUT2D eigenvalue weighted by Gasteiger charge is 2.33. The maximum absolute atomic E-state index is 13.1. The Morgan fingerprint density at radius 1 is 1.10 bits per heavy atom. The van der Waals surface area contributed by atoms with E-state index >= 15 is 0 Å². The SMILES string of the molecule is COC(=O)CCc1ccc(N2CC(OC)=C(c3ccc(C(=N)N)cc3)C2=O)cc1. The number of rotatable bonds is 7. The van der Waals surface area contributed by atoms with E-state index in [9.17, 15) is 9.59 Å². The third-order valence-electron chi connectivity index (χ3n) is 4.86. The van der Waals surface area contributed by atoms with Gasteiger partial charge in [-0.2, -0.15) is 0 Å². The minimum absolute atomic E-state index is 0.0239. The van der Waals surface area contributed by atoms with Gasteiger partial charge in [0.05, 0.1) is 26.3 Å². The summed E-state index contributed by atoms with van der Waals surface area (Å²) in [7, 11) is 2.92. The highest BCUT2D eigenvalue weighted by atomic mass is 16.5. The zero-order valence-corrected chi connectivity index (χ0v) is 16.4. The zero-order valence-electron chi connectivity index (χ0n) is 16.4. The molecule has 1 aliphatic heterocycles. The lowest BCUT2D eigenvalue weighted by Crippen LogP contribution is -2.26. The van der Waals surface area contributed by atoms with Crippen LogP contribution in [0.3, 0.4) is 0 Å². The molecule has 0 bridgehead atoms. The fraction of sp³-hybridized carbons (Fsp3) is 0.227. The van der Waals surface area contributed by atoms with Crippen LogP contribution in [0.1, 0.15) is 23.1 Å². The minimum atomic E-state index is -0.252. The van der Waals surface area contributed by atoms with Gasteiger partial charge in [-0.1, -0.05) is 36.4 Å². The van der Waals surface area contributed by atoms with Crippen molar-refractivity contribution in [3.05, 3.63) is 71.0 Å². The lowest BCUT2D eigenvalue weighted by atomic mass is 10.0. The number of benzene rings is 2. The molecule has 0 spiro atoms. The Morgan fingerprint density at radius 3 is 2.31 bits per heavy atom. The number of hydrogen-bond donors (Lipinski definition) is 2. The fourth-order valence-corrected chi connectivity index (χ4v) is 3.22. The van der Waals surface area contributed by atoms with Gasteiger partial charge in [0, 0.05) is 17.7 Å². The summed E-state index contributed by atoms with van der Waals surface area (Å²) >= 11 is 0. The number of amidine groups is 1. The Morgan fingerprint density at radius 2 is 1.76 bits per heavy atom. The van der Waals surface area contributed by atoms with E-state index in [0.29, 0.717) is 41.8 Å². The highest BCUT2D eigenvalue weighted by Crippen LogP contribution is 2.32. The summed E-state index contributed by atoms with van der Waals surface area (Å²) in [6, 6.07) is 14.5. The van der Waals surface area contributed by atoms with E-state index < -0.39 is 0 Å². The molecule has 0 aromatic heterocycles. The molecule has 1 amide bonds. The summed E-state index contributed by atoms with van der Waals surface area (Å²) in [5, 5.41) is 7.50. The van der Waals surface area contributed by atoms with Gasteiger partial charge in [-0.3, -0.25) is 15.0 Å². The van der Waals surface area contributed by atoms with Crippen molar-refractivity contribution in [2.24, 2.45) is 5.73 Å². The molecule has 7 heteroatoms. The second-order valence-electron chi connectivity index (χ2n) is 6.63. The van der Waals surface area contributed by atoms with Crippen LogP contribution in [-0.2, 0) is 25.5 Å². The van der Waals surface area contributed by atoms with Crippen molar-refractivity contribution in [1.82, 2.24) is 0 Å². The molecule has 0 fully saturated rings. The van der Waals surface area contributed by atoms with E-state index in [0.717, 1.165) is 11.3 Å². The van der Waals surface area contributed by atoms with Gasteiger partial charge in [0.15, 0.2) is 0 Å². The first-order chi connectivity index (χ1) is 13.9. The van der Waals surface area contributed by atoms with Crippen molar-refractivity contribution in [1.29, 1.82) is 5.41 Å². The standard InChI is InChI=1S/C22H23N3O4/c1-28-18-13-25(17-10-3-14(4-11-17)5-12-19(26)29-2)22(27)20(18)15-6-8-16(9-7-15)21(23)24/h3-4,6-11H,5,12-13H2,1-2H3,(H3,23,24). The van der Waals surface area contributed by atoms with E-state index in [4.69, 9.17) is 15.9 Å². The van der Waals surface area contributed by atoms with E-state index in [1.165, 1.54) is 7.11 Å². The molecule has 0 saturated heterocycles. The Bertz CT molecular complexity index is 963. The number of carbonyl (C=O) groups excluding carboxylic acids is 2. The van der Waals surface area contributed by atoms with Crippen LogP contribution in [0.4, 0.5) is 5.69 Å². The number of carbonyl (C=O) groups is 2. The molecular formula is C22H23N3O4. The van der Waals surface area contributed by atoms with Crippen LogP contribution >= 0.6 is 0 Å². The van der Waals surface area contributed by atoms with Gasteiger partial charge in [0.1, 0.15) is 11.6 Å². The molecule has 1 aliphatic rings. The molecule has 150 valence electrons. The predicted octanol–water partition coefficient (Wildman–Crippen LogP) is 2.48. The number of nitrogen functional groups attached to an aromatic ring is 1. The number of nitrogens with two attached hydrogens (primary N) is 1. The van der Waals surface area contributed by atoms with E-state index in [2.05, 4.69) is 4.74 Å². The summed E-state index contributed by atoms with van der Waals surface area (Å²) < 4.78 is 10.1. The molecule has 2 aromatic carbocycles. The van der Waals surface area contributed by atoms with E-state index in [1.54, 1.807) is 36.3 Å². The molecule has 0 unspecified atom stereocenters. The second kappa shape index (κ2) is 8.60. The van der Waals surface area contributed by atoms with Crippen LogP contribution < -0.4 is 10.6 Å². The van der Waals surface area contributed by atoms with Gasteiger partial charge < -0.3 is 20.1 Å². The number of methoxy groups -OCH3 is 2. The van der Waals surface area contributed by atoms with Crippen molar-refractivity contribution in [2.75, 3.05) is 25.7 Å². The molecule has 0 atom stereocenters. The smallest absolute Gasteiger partial charge is 0.305 e. The first-order valence-electron chi connectivity index (χ1n) is 9.14. The summed E-state index contributed by atoms with van der Waals surface area (Å²) in [6.45, 7) is 0.334. The largest absolute Gasteiger partial charge is 0.498 e. The minimum Gasteiger partial charge on any atom is -0.498 e. The maximum atomic E-state index is 13.1. The van der Waals surface area contributed by atoms with Gasteiger partial charge in [-0.25, -0.2) is 0 Å². The molecule has 29 heavy (non-hydrogen) atoms. The quantitative estimate of drug-likeness (QED) is 0.427. The molecule has 0 aliphatic carbocycles. The van der Waals surface area contributed by atoms with Crippen LogP contribution in [0.15, 0.2) is 54.3 Å². The second-order valence-corrected chi connectivity index (χ2v) is 6.63. The molecule has 7 nitrogen and oxygen atoms in total. The van der Waals surface area contributed by atoms with Crippen LogP contribution in [0, 0.1) is 5.41 Å². The molecule has 3 N–H and O–H groups in total. The number of esters is 1. The molecule has 0 saturated carbocycles. The number of nitrogens with zero attached hydrogens (tertiary/aromatic N) is 1. The Labute approximate surface area is 169 Å². The highest BCUT2D eigenvalue weighted by molar-refractivity contribution is 6.29. The number of anilines is 1. The summed E-state index contributed by atoms with van der Waals surface area (Å²) in [6.07, 6.45) is 0.893. The first kappa shape index (κ1) is 20.1. The van der Waals surface area contributed by atoms with Crippen molar-refractivity contribution < 1.29 is 19.1 Å². The van der Waals surface area contributed by atoms with Crippen LogP contribution in [0.25, 0.3) is 5.57 Å². The molecular weight excluding hydrogens is 370 g/mol. The number of ether oxygens (including phenoxy) is 2. The number of nitrogens with one attached hydrogen (secondary N) is 1. The van der Waals surface area contributed by atoms with Crippen molar-refractivity contribution in [2.45, 2.75) is 12.8 Å². The lowest BCUT2D eigenvalue weighted by molar-refractivity contribution is -0.140. The van der Waals surface area contributed by atoms with Crippen LogP contribution in [0.5, 0.6) is 0 Å². The third kappa shape index (κ3) is 4.29. The summed E-state index contributed by atoms with van der Waals surface area (Å²) in [4.78, 5) is 26.0. The van der Waals surface area contributed by atoms with Crippen molar-refractivity contribution >= 4 is 29.0 Å². The Kier molecular flexibility index (Phi) is 5.97. The monoisotopic (exact) mass is 393 g/mol. The Hall–Kier alpha value is -3.61. The maximum Gasteiger partial charge on any atom is 0.305 e. The van der Waals surface area contributed by atoms with E-state index in [-0.39, 0.29) is 17.7 Å². The van der Waals surface area contributed by atoms with Gasteiger partial charge in [-0.15, -0.1) is 0 Å². The predicted molar refractivity (Wildman–Crippen MR) is 111 cm³/mol. The number of hydrogen-bond acceptors (Lipinski definition) is 5. The lowest BCUT2D eigenvalue weighted by Gasteiger charge is -2.17. The Balaban J connectivity index is 1.79. The normalized spacial score (nSPS) is 13.6. The van der Waals surface area contributed by atoms with Crippen LogP contribution in [-0.4, -0.2) is 38.5 Å². The van der Waals surface area contributed by atoms with Crippen molar-refractivity contribution in [3.8, 4) is 0 Å². The summed E-state index contributed by atoms with van der Waals surface area (Å²) in [5.41, 5.74) is 9.05. The molecule has 2 aromatic rings. The zero-order chi connectivity index (χ0) is 21.0. The third-order valence-corrected chi connectivity index (χ3v) is 4.86. The average Bonchev–Trinajstić information content (AvgIpc) is 3.08. The molecule has 0 radical (unpaired) electrons. The average molecular weight is 393 g/mol. The molecule has 1 heterocycles. The fourth-order valence-electron chi connectivity index (χ4n) is 3.22. The van der Waals surface area contributed by atoms with Crippen molar-refractivity contribution in [3.63, 3.8) is 0 Å². The van der Waals surface area contributed by atoms with Gasteiger partial charge >= 0.3 is 5.97 Å². The topological polar surface area (TPSA) is 106 Å². The number of amides is 1. The molecule has 3 rings (SSSR count). The van der Waals surface area contributed by atoms with Crippen LogP contribution in [0.2, 0.25) is 0 Å². The van der Waals surface area contributed by atoms with E-state index in [1.807, 2.05) is 24.3 Å². The van der Waals surface area contributed by atoms with Gasteiger partial charge in [-0.05, 0) is 29.7 Å². The first-order valence-corrected chi connectivity index (χ1v) is 9.14. The number of aryl methyl sites for hydroxylation is 1.